The lowest BCUT2D eigenvalue weighted by Gasteiger charge is -1.98. The minimum Gasteiger partial charge on any atom is -0.296 e. The third kappa shape index (κ3) is 2.19. The summed E-state index contributed by atoms with van der Waals surface area (Å²) in [5.41, 5.74) is 1.44. The summed E-state index contributed by atoms with van der Waals surface area (Å²) in [6, 6.07) is 6.54. The Morgan fingerprint density at radius 2 is 2.30 bits per heavy atom. The van der Waals surface area contributed by atoms with Crippen molar-refractivity contribution < 1.29 is 9.72 Å². The van der Waals surface area contributed by atoms with Gasteiger partial charge in [0.15, 0.2) is 11.2 Å². The van der Waals surface area contributed by atoms with Gasteiger partial charge in [-0.05, 0) is 5.56 Å². The second kappa shape index (κ2) is 4.86. The Hall–Kier alpha value is -2.54. The first kappa shape index (κ1) is 12.5. The van der Waals surface area contributed by atoms with E-state index in [4.69, 9.17) is 0 Å². The zero-order valence-electron chi connectivity index (χ0n) is 10.2. The third-order valence-electron chi connectivity index (χ3n) is 2.91. The van der Waals surface area contributed by atoms with E-state index in [0.29, 0.717) is 12.1 Å². The number of aldehydes is 1. The fourth-order valence-corrected chi connectivity index (χ4v) is 2.99. The minimum absolute atomic E-state index is 0.0809. The number of hydrogen-bond acceptors (Lipinski definition) is 5. The van der Waals surface area contributed by atoms with E-state index < -0.39 is 4.92 Å². The number of nitro benzene ring substituents is 1. The number of rotatable bonds is 4. The largest absolute Gasteiger partial charge is 0.296 e. The molecule has 0 aliphatic carbocycles. The summed E-state index contributed by atoms with van der Waals surface area (Å²) in [4.78, 5) is 27.1. The molecule has 0 saturated carbocycles. The van der Waals surface area contributed by atoms with Gasteiger partial charge < -0.3 is 0 Å². The van der Waals surface area contributed by atoms with Crippen molar-refractivity contribution in [2.24, 2.45) is 0 Å². The minimum atomic E-state index is -0.408. The van der Waals surface area contributed by atoms with Crippen LogP contribution in [0.1, 0.15) is 20.9 Å². The maximum Gasteiger partial charge on any atom is 0.269 e. The molecular formula is C13H9N3O3S. The Labute approximate surface area is 117 Å². The SMILES string of the molecule is O=Cc1cnc2sc(Cc3cccc([N+](=O)[O-])c3)cn12. The second-order valence-corrected chi connectivity index (χ2v) is 5.35. The Morgan fingerprint density at radius 3 is 3.05 bits per heavy atom. The van der Waals surface area contributed by atoms with Crippen LogP contribution < -0.4 is 0 Å². The number of imidazole rings is 1. The van der Waals surface area contributed by atoms with E-state index in [-0.39, 0.29) is 5.69 Å². The highest BCUT2D eigenvalue weighted by Gasteiger charge is 2.10. The lowest BCUT2D eigenvalue weighted by Crippen LogP contribution is -1.91. The first-order chi connectivity index (χ1) is 9.67. The first-order valence-corrected chi connectivity index (χ1v) is 6.63. The molecular weight excluding hydrogens is 278 g/mol. The summed E-state index contributed by atoms with van der Waals surface area (Å²) in [6.45, 7) is 0. The number of benzene rings is 1. The van der Waals surface area contributed by atoms with Crippen molar-refractivity contribution in [2.45, 2.75) is 6.42 Å². The number of nitrogens with zero attached hydrogens (tertiary/aromatic N) is 3. The normalized spacial score (nSPS) is 10.8. The van der Waals surface area contributed by atoms with Gasteiger partial charge in [0.25, 0.3) is 5.69 Å². The third-order valence-corrected chi connectivity index (χ3v) is 3.90. The summed E-state index contributed by atoms with van der Waals surface area (Å²) >= 11 is 1.47. The molecule has 0 atom stereocenters. The number of carbonyl (C=O) groups is 1. The molecule has 2 heterocycles. The molecule has 0 unspecified atom stereocenters. The van der Waals surface area contributed by atoms with Crippen LogP contribution in [0, 0.1) is 10.1 Å². The van der Waals surface area contributed by atoms with Crippen molar-refractivity contribution in [1.82, 2.24) is 9.38 Å². The van der Waals surface area contributed by atoms with Gasteiger partial charge in [-0.15, -0.1) is 11.3 Å². The zero-order chi connectivity index (χ0) is 14.1. The van der Waals surface area contributed by atoms with Crippen LogP contribution in [-0.2, 0) is 6.42 Å². The predicted molar refractivity (Wildman–Crippen MR) is 74.4 cm³/mol. The zero-order valence-corrected chi connectivity index (χ0v) is 11.0. The van der Waals surface area contributed by atoms with Gasteiger partial charge in [-0.25, -0.2) is 4.98 Å². The number of nitro groups is 1. The number of carbonyl (C=O) groups excluding carboxylic acids is 1. The quantitative estimate of drug-likeness (QED) is 0.420. The van der Waals surface area contributed by atoms with Gasteiger partial charge in [-0.3, -0.25) is 19.3 Å². The van der Waals surface area contributed by atoms with E-state index in [0.717, 1.165) is 21.7 Å². The van der Waals surface area contributed by atoms with E-state index in [1.54, 1.807) is 16.5 Å². The van der Waals surface area contributed by atoms with Crippen LogP contribution in [0.3, 0.4) is 0 Å². The molecule has 2 aromatic heterocycles. The van der Waals surface area contributed by atoms with E-state index in [9.17, 15) is 14.9 Å². The van der Waals surface area contributed by atoms with Gasteiger partial charge >= 0.3 is 0 Å². The van der Waals surface area contributed by atoms with E-state index in [2.05, 4.69) is 4.98 Å². The maximum absolute atomic E-state index is 10.8. The van der Waals surface area contributed by atoms with Crippen LogP contribution in [0.5, 0.6) is 0 Å². The highest BCUT2D eigenvalue weighted by atomic mass is 32.1. The van der Waals surface area contributed by atoms with Crippen LogP contribution in [0.4, 0.5) is 5.69 Å². The Balaban J connectivity index is 1.92. The van der Waals surface area contributed by atoms with Crippen molar-refractivity contribution in [3.8, 4) is 0 Å². The molecule has 0 spiro atoms. The lowest BCUT2D eigenvalue weighted by molar-refractivity contribution is -0.384. The van der Waals surface area contributed by atoms with E-state index >= 15 is 0 Å². The standard InChI is InChI=1S/C13H9N3O3S/c17-8-11-6-14-13-15(11)7-12(20-13)5-9-2-1-3-10(4-9)16(18)19/h1-4,6-8H,5H2. The van der Waals surface area contributed by atoms with Crippen molar-refractivity contribution in [1.29, 1.82) is 0 Å². The molecule has 0 fully saturated rings. The van der Waals surface area contributed by atoms with Crippen LogP contribution in [0.15, 0.2) is 36.7 Å². The Morgan fingerprint density at radius 1 is 1.45 bits per heavy atom. The molecule has 0 bridgehead atoms. The molecule has 20 heavy (non-hydrogen) atoms. The Kier molecular flexibility index (Phi) is 3.03. The summed E-state index contributed by atoms with van der Waals surface area (Å²) in [5.74, 6) is 0. The number of fused-ring (bicyclic) bond motifs is 1. The summed E-state index contributed by atoms with van der Waals surface area (Å²) in [6.07, 6.45) is 4.70. The molecule has 3 aromatic rings. The highest BCUT2D eigenvalue weighted by Crippen LogP contribution is 2.22. The number of thiazole rings is 1. The average Bonchev–Trinajstić information content (AvgIpc) is 2.98. The van der Waals surface area contributed by atoms with E-state index in [1.165, 1.54) is 23.6 Å². The molecule has 0 radical (unpaired) electrons. The molecule has 0 aliphatic rings. The smallest absolute Gasteiger partial charge is 0.269 e. The fourth-order valence-electron chi connectivity index (χ4n) is 2.00. The van der Waals surface area contributed by atoms with Gasteiger partial charge in [-0.1, -0.05) is 12.1 Å². The predicted octanol–water partition coefficient (Wildman–Crippen LogP) is 2.71. The molecule has 0 amide bonds. The fraction of sp³-hybridized carbons (Fsp3) is 0.0769. The van der Waals surface area contributed by atoms with Crippen LogP contribution in [0.2, 0.25) is 0 Å². The van der Waals surface area contributed by atoms with Gasteiger partial charge in [0.2, 0.25) is 0 Å². The topological polar surface area (TPSA) is 77.5 Å². The first-order valence-electron chi connectivity index (χ1n) is 5.81. The van der Waals surface area contributed by atoms with E-state index in [1.807, 2.05) is 12.3 Å². The van der Waals surface area contributed by atoms with Crippen molar-refractivity contribution in [3.63, 3.8) is 0 Å². The maximum atomic E-state index is 10.8. The monoisotopic (exact) mass is 287 g/mol. The number of hydrogen-bond donors (Lipinski definition) is 0. The molecule has 0 saturated heterocycles. The molecule has 0 aliphatic heterocycles. The summed E-state index contributed by atoms with van der Waals surface area (Å²) in [5, 5.41) is 10.7. The second-order valence-electron chi connectivity index (χ2n) is 4.25. The Bertz CT molecular complexity index is 806. The molecule has 3 rings (SSSR count). The molecule has 0 N–H and O–H groups in total. The van der Waals surface area contributed by atoms with Crippen LogP contribution >= 0.6 is 11.3 Å². The van der Waals surface area contributed by atoms with Crippen molar-refractivity contribution in [2.75, 3.05) is 0 Å². The van der Waals surface area contributed by atoms with Crippen LogP contribution in [-0.4, -0.2) is 20.6 Å². The van der Waals surface area contributed by atoms with Gasteiger partial charge in [-0.2, -0.15) is 0 Å². The number of non-ortho nitro benzene ring substituents is 1. The molecule has 100 valence electrons. The van der Waals surface area contributed by atoms with Crippen LogP contribution in [0.25, 0.3) is 4.96 Å². The average molecular weight is 287 g/mol. The van der Waals surface area contributed by atoms with Gasteiger partial charge in [0, 0.05) is 29.6 Å². The lowest BCUT2D eigenvalue weighted by atomic mass is 10.1. The van der Waals surface area contributed by atoms with Gasteiger partial charge in [0.05, 0.1) is 11.1 Å². The summed E-state index contributed by atoms with van der Waals surface area (Å²) < 4.78 is 1.73. The highest BCUT2D eigenvalue weighted by molar-refractivity contribution is 7.17. The summed E-state index contributed by atoms with van der Waals surface area (Å²) in [7, 11) is 0. The van der Waals surface area contributed by atoms with Gasteiger partial charge in [0.1, 0.15) is 5.69 Å². The molecule has 6 nitrogen and oxygen atoms in total. The number of aromatic nitrogens is 2. The molecule has 7 heteroatoms. The molecule has 1 aromatic carbocycles. The van der Waals surface area contributed by atoms with Crippen molar-refractivity contribution >= 4 is 28.3 Å². The van der Waals surface area contributed by atoms with Crippen molar-refractivity contribution in [3.05, 3.63) is 62.9 Å².